The second-order valence-electron chi connectivity index (χ2n) is 5.05. The fourth-order valence-corrected chi connectivity index (χ4v) is 1.83. The van der Waals surface area contributed by atoms with Gasteiger partial charge in [0.1, 0.15) is 0 Å². The molecule has 1 aliphatic heterocycles. The summed E-state index contributed by atoms with van der Waals surface area (Å²) in [5.74, 6) is 0. The van der Waals surface area contributed by atoms with Gasteiger partial charge in [0.15, 0.2) is 0 Å². The standard InChI is InChI=1S/C11H22N2O3/c1-8(2)15-10(14)13-6-9(5-12)16-11(3,4)7-13/h8-9H,5-7,12H2,1-4H3. The highest BCUT2D eigenvalue weighted by Crippen LogP contribution is 2.21. The van der Waals surface area contributed by atoms with Crippen molar-refractivity contribution in [1.29, 1.82) is 0 Å². The van der Waals surface area contributed by atoms with Crippen LogP contribution >= 0.6 is 0 Å². The SMILES string of the molecule is CC(C)OC(=O)N1CC(CN)OC(C)(C)C1. The van der Waals surface area contributed by atoms with Crippen LogP contribution in [-0.4, -0.2) is 48.4 Å². The summed E-state index contributed by atoms with van der Waals surface area (Å²) in [6, 6.07) is 0. The van der Waals surface area contributed by atoms with Crippen molar-refractivity contribution in [2.45, 2.75) is 45.5 Å². The average molecular weight is 230 g/mol. The van der Waals surface area contributed by atoms with E-state index in [1.165, 1.54) is 0 Å². The lowest BCUT2D eigenvalue weighted by molar-refractivity contribution is -0.127. The van der Waals surface area contributed by atoms with Crippen molar-refractivity contribution in [3.63, 3.8) is 0 Å². The Morgan fingerprint density at radius 2 is 2.25 bits per heavy atom. The first-order valence-corrected chi connectivity index (χ1v) is 5.67. The van der Waals surface area contributed by atoms with Crippen molar-refractivity contribution in [2.24, 2.45) is 5.73 Å². The number of amides is 1. The molecular formula is C11H22N2O3. The van der Waals surface area contributed by atoms with Crippen LogP contribution in [0.1, 0.15) is 27.7 Å². The third-order valence-corrected chi connectivity index (χ3v) is 2.34. The number of ether oxygens (including phenoxy) is 2. The van der Waals surface area contributed by atoms with Gasteiger partial charge < -0.3 is 20.1 Å². The summed E-state index contributed by atoms with van der Waals surface area (Å²) >= 11 is 0. The van der Waals surface area contributed by atoms with Gasteiger partial charge in [0.2, 0.25) is 0 Å². The van der Waals surface area contributed by atoms with Crippen LogP contribution in [-0.2, 0) is 9.47 Å². The quantitative estimate of drug-likeness (QED) is 0.767. The summed E-state index contributed by atoms with van der Waals surface area (Å²) in [6.07, 6.45) is -0.497. The number of morpholine rings is 1. The molecule has 1 atom stereocenters. The number of nitrogens with zero attached hydrogens (tertiary/aromatic N) is 1. The summed E-state index contributed by atoms with van der Waals surface area (Å²) in [4.78, 5) is 13.4. The topological polar surface area (TPSA) is 64.8 Å². The van der Waals surface area contributed by atoms with E-state index >= 15 is 0 Å². The van der Waals surface area contributed by atoms with E-state index in [2.05, 4.69) is 0 Å². The van der Waals surface area contributed by atoms with E-state index in [9.17, 15) is 4.79 Å². The molecule has 5 heteroatoms. The second kappa shape index (κ2) is 5.01. The van der Waals surface area contributed by atoms with Crippen molar-refractivity contribution < 1.29 is 14.3 Å². The minimum absolute atomic E-state index is 0.102. The van der Waals surface area contributed by atoms with Gasteiger partial charge in [0.05, 0.1) is 30.9 Å². The molecule has 1 unspecified atom stereocenters. The van der Waals surface area contributed by atoms with Crippen LogP contribution in [0.4, 0.5) is 4.79 Å². The fraction of sp³-hybridized carbons (Fsp3) is 0.909. The van der Waals surface area contributed by atoms with Gasteiger partial charge in [-0.3, -0.25) is 0 Å². The highest BCUT2D eigenvalue weighted by atomic mass is 16.6. The molecule has 0 spiro atoms. The lowest BCUT2D eigenvalue weighted by atomic mass is 10.1. The molecule has 16 heavy (non-hydrogen) atoms. The predicted molar refractivity (Wildman–Crippen MR) is 61.2 cm³/mol. The van der Waals surface area contributed by atoms with E-state index < -0.39 is 0 Å². The van der Waals surface area contributed by atoms with Crippen molar-refractivity contribution >= 4 is 6.09 Å². The number of hydrogen-bond donors (Lipinski definition) is 1. The smallest absolute Gasteiger partial charge is 0.410 e. The lowest BCUT2D eigenvalue weighted by Crippen LogP contribution is -2.56. The highest BCUT2D eigenvalue weighted by Gasteiger charge is 2.35. The first kappa shape index (κ1) is 13.3. The third-order valence-electron chi connectivity index (χ3n) is 2.34. The van der Waals surface area contributed by atoms with Gasteiger partial charge in [-0.05, 0) is 27.7 Å². The van der Waals surface area contributed by atoms with Crippen LogP contribution in [0.5, 0.6) is 0 Å². The van der Waals surface area contributed by atoms with Crippen LogP contribution in [0.25, 0.3) is 0 Å². The molecule has 1 saturated heterocycles. The van der Waals surface area contributed by atoms with Crippen LogP contribution in [0, 0.1) is 0 Å². The Hall–Kier alpha value is -0.810. The molecule has 94 valence electrons. The molecule has 1 heterocycles. The van der Waals surface area contributed by atoms with Crippen molar-refractivity contribution in [1.82, 2.24) is 4.90 Å². The van der Waals surface area contributed by atoms with E-state index in [0.717, 1.165) is 0 Å². The Balaban J connectivity index is 2.62. The summed E-state index contributed by atoms with van der Waals surface area (Å²) in [7, 11) is 0. The Bertz CT molecular complexity index is 254. The lowest BCUT2D eigenvalue weighted by Gasteiger charge is -2.42. The van der Waals surface area contributed by atoms with Gasteiger partial charge in [-0.1, -0.05) is 0 Å². The average Bonchev–Trinajstić information content (AvgIpc) is 2.14. The molecule has 0 aromatic heterocycles. The predicted octanol–water partition coefficient (Wildman–Crippen LogP) is 0.969. The zero-order chi connectivity index (χ0) is 12.3. The summed E-state index contributed by atoms with van der Waals surface area (Å²) in [5, 5.41) is 0. The Morgan fingerprint density at radius 1 is 1.62 bits per heavy atom. The third kappa shape index (κ3) is 3.64. The van der Waals surface area contributed by atoms with Gasteiger partial charge in [-0.2, -0.15) is 0 Å². The van der Waals surface area contributed by atoms with Gasteiger partial charge in [-0.15, -0.1) is 0 Å². The van der Waals surface area contributed by atoms with Crippen LogP contribution in [0.15, 0.2) is 0 Å². The maximum atomic E-state index is 11.8. The largest absolute Gasteiger partial charge is 0.447 e. The molecule has 5 nitrogen and oxygen atoms in total. The van der Waals surface area contributed by atoms with Gasteiger partial charge in [0.25, 0.3) is 0 Å². The normalized spacial score (nSPS) is 24.6. The Labute approximate surface area is 96.9 Å². The molecular weight excluding hydrogens is 208 g/mol. The summed E-state index contributed by atoms with van der Waals surface area (Å²) in [5.41, 5.74) is 5.22. The molecule has 1 amide bonds. The van der Waals surface area contributed by atoms with E-state index in [1.807, 2.05) is 27.7 Å². The minimum Gasteiger partial charge on any atom is -0.447 e. The molecule has 0 bridgehead atoms. The van der Waals surface area contributed by atoms with Gasteiger partial charge >= 0.3 is 6.09 Å². The van der Waals surface area contributed by atoms with Crippen molar-refractivity contribution in [3.8, 4) is 0 Å². The van der Waals surface area contributed by atoms with Crippen LogP contribution < -0.4 is 5.73 Å². The number of nitrogens with two attached hydrogens (primary N) is 1. The Kier molecular flexibility index (Phi) is 4.15. The second-order valence-corrected chi connectivity index (χ2v) is 5.05. The molecule has 0 saturated carbocycles. The van der Waals surface area contributed by atoms with E-state index in [1.54, 1.807) is 4.90 Å². The molecule has 0 aromatic carbocycles. The number of carbonyl (C=O) groups excluding carboxylic acids is 1. The molecule has 1 rings (SSSR count). The monoisotopic (exact) mass is 230 g/mol. The van der Waals surface area contributed by atoms with Crippen LogP contribution in [0.3, 0.4) is 0 Å². The molecule has 0 radical (unpaired) electrons. The zero-order valence-electron chi connectivity index (χ0n) is 10.5. The molecule has 2 N–H and O–H groups in total. The van der Waals surface area contributed by atoms with E-state index in [-0.39, 0.29) is 23.9 Å². The first-order chi connectivity index (χ1) is 7.34. The van der Waals surface area contributed by atoms with Gasteiger partial charge in [0, 0.05) is 6.54 Å². The van der Waals surface area contributed by atoms with E-state index in [4.69, 9.17) is 15.2 Å². The number of hydrogen-bond acceptors (Lipinski definition) is 4. The first-order valence-electron chi connectivity index (χ1n) is 5.67. The van der Waals surface area contributed by atoms with Gasteiger partial charge in [-0.25, -0.2) is 4.79 Å². The summed E-state index contributed by atoms with van der Waals surface area (Å²) < 4.78 is 10.9. The zero-order valence-corrected chi connectivity index (χ0v) is 10.5. The van der Waals surface area contributed by atoms with E-state index in [0.29, 0.717) is 19.6 Å². The fourth-order valence-electron chi connectivity index (χ4n) is 1.83. The molecule has 0 aliphatic carbocycles. The minimum atomic E-state index is -0.363. The maximum Gasteiger partial charge on any atom is 0.410 e. The number of carbonyl (C=O) groups is 1. The molecule has 0 aromatic rings. The van der Waals surface area contributed by atoms with Crippen LogP contribution in [0.2, 0.25) is 0 Å². The van der Waals surface area contributed by atoms with Crippen molar-refractivity contribution in [2.75, 3.05) is 19.6 Å². The van der Waals surface area contributed by atoms with Crippen molar-refractivity contribution in [3.05, 3.63) is 0 Å². The summed E-state index contributed by atoms with van der Waals surface area (Å²) in [6.45, 7) is 9.03. The maximum absolute atomic E-state index is 11.8. The number of rotatable bonds is 2. The Morgan fingerprint density at radius 3 is 2.75 bits per heavy atom. The molecule has 1 aliphatic rings. The highest BCUT2D eigenvalue weighted by molar-refractivity contribution is 5.68. The molecule has 1 fully saturated rings.